The topological polar surface area (TPSA) is 68.5 Å². The molecule has 2 heterocycles. The lowest BCUT2D eigenvalue weighted by Gasteiger charge is -2.32. The molecule has 0 unspecified atom stereocenters. The van der Waals surface area contributed by atoms with Crippen molar-refractivity contribution < 1.29 is 18.4 Å². The maximum atomic E-state index is 13.9. The van der Waals surface area contributed by atoms with Crippen LogP contribution in [0.25, 0.3) is 11.4 Å². The van der Waals surface area contributed by atoms with Crippen molar-refractivity contribution in [1.82, 2.24) is 15.0 Å². The number of amides is 1. The third kappa shape index (κ3) is 4.13. The van der Waals surface area contributed by atoms with Crippen LogP contribution in [0.15, 0.2) is 53.1 Å². The van der Waals surface area contributed by atoms with Gasteiger partial charge >= 0.3 is 0 Å². The Morgan fingerprint density at radius 3 is 2.86 bits per heavy atom. The smallest absolute Gasteiger partial charge is 0.257 e. The molecule has 1 aliphatic rings. The zero-order valence-corrected chi connectivity index (χ0v) is 16.2. The number of likely N-dealkylation sites (tertiary alicyclic amines) is 1. The van der Waals surface area contributed by atoms with Crippen LogP contribution in [0, 0.1) is 11.7 Å². The van der Waals surface area contributed by atoms with Crippen molar-refractivity contribution in [1.29, 1.82) is 0 Å². The molecule has 2 aromatic carbocycles. The van der Waals surface area contributed by atoms with E-state index in [9.17, 15) is 9.18 Å². The van der Waals surface area contributed by atoms with Crippen LogP contribution in [0.1, 0.15) is 29.1 Å². The summed E-state index contributed by atoms with van der Waals surface area (Å²) in [4.78, 5) is 19.2. The fourth-order valence-corrected chi connectivity index (χ4v) is 3.74. The molecule has 1 amide bonds. The second kappa shape index (κ2) is 8.43. The second-order valence-electron chi connectivity index (χ2n) is 7.16. The number of halogens is 1. The highest BCUT2D eigenvalue weighted by molar-refractivity contribution is 5.97. The van der Waals surface area contributed by atoms with Crippen LogP contribution >= 0.6 is 0 Å². The summed E-state index contributed by atoms with van der Waals surface area (Å²) in [5.41, 5.74) is 0.884. The minimum Gasteiger partial charge on any atom is -0.496 e. The molecular formula is C22H22FN3O3. The van der Waals surface area contributed by atoms with E-state index >= 15 is 0 Å². The summed E-state index contributed by atoms with van der Waals surface area (Å²) >= 11 is 0. The van der Waals surface area contributed by atoms with Gasteiger partial charge in [-0.1, -0.05) is 29.4 Å². The maximum Gasteiger partial charge on any atom is 0.257 e. The molecule has 7 heteroatoms. The van der Waals surface area contributed by atoms with Gasteiger partial charge in [0.2, 0.25) is 11.7 Å². The van der Waals surface area contributed by atoms with E-state index < -0.39 is 0 Å². The van der Waals surface area contributed by atoms with Crippen LogP contribution in [0.4, 0.5) is 4.39 Å². The first kappa shape index (κ1) is 19.1. The Balaban J connectivity index is 1.44. The number of carbonyl (C=O) groups is 1. The SMILES string of the molecule is COc1ccccc1C(=O)N1CCC[C@@H](Cc2nc(-c3ccccc3F)no2)C1. The minimum atomic E-state index is -0.383. The molecule has 0 N–H and O–H groups in total. The number of hydrogen-bond donors (Lipinski definition) is 0. The quantitative estimate of drug-likeness (QED) is 0.654. The summed E-state index contributed by atoms with van der Waals surface area (Å²) in [5, 5.41) is 3.91. The van der Waals surface area contributed by atoms with E-state index in [1.807, 2.05) is 17.0 Å². The molecule has 0 saturated carbocycles. The predicted octanol–water partition coefficient (Wildman–Crippen LogP) is 3.98. The highest BCUT2D eigenvalue weighted by atomic mass is 19.1. The number of benzene rings is 2. The van der Waals surface area contributed by atoms with Gasteiger partial charge in [-0.25, -0.2) is 4.39 Å². The molecule has 1 aromatic heterocycles. The standard InChI is InChI=1S/C22H22FN3O3/c1-28-19-11-5-3-9-17(19)22(27)26-12-6-7-15(14-26)13-20-24-21(25-29-20)16-8-2-4-10-18(16)23/h2-5,8-11,15H,6-7,12-14H2,1H3/t15-/m0/s1. The second-order valence-corrected chi connectivity index (χ2v) is 7.16. The highest BCUT2D eigenvalue weighted by Gasteiger charge is 2.27. The number of para-hydroxylation sites is 1. The van der Waals surface area contributed by atoms with Crippen LogP contribution in [0.5, 0.6) is 5.75 Å². The Hall–Kier alpha value is -3.22. The van der Waals surface area contributed by atoms with Gasteiger partial charge in [-0.2, -0.15) is 4.98 Å². The molecule has 3 aromatic rings. The van der Waals surface area contributed by atoms with E-state index in [2.05, 4.69) is 10.1 Å². The van der Waals surface area contributed by atoms with Crippen molar-refractivity contribution in [3.05, 3.63) is 65.8 Å². The van der Waals surface area contributed by atoms with E-state index in [0.29, 0.717) is 42.3 Å². The van der Waals surface area contributed by atoms with Crippen LogP contribution < -0.4 is 4.74 Å². The summed E-state index contributed by atoms with van der Waals surface area (Å²) in [6.45, 7) is 1.31. The number of nitrogens with zero attached hydrogens (tertiary/aromatic N) is 3. The molecule has 0 spiro atoms. The zero-order chi connectivity index (χ0) is 20.2. The van der Waals surface area contributed by atoms with Gasteiger partial charge in [0.25, 0.3) is 5.91 Å². The number of hydrogen-bond acceptors (Lipinski definition) is 5. The van der Waals surface area contributed by atoms with Gasteiger partial charge in [0.1, 0.15) is 11.6 Å². The van der Waals surface area contributed by atoms with Gasteiger partial charge in [0, 0.05) is 19.5 Å². The highest BCUT2D eigenvalue weighted by Crippen LogP contribution is 2.26. The molecule has 6 nitrogen and oxygen atoms in total. The average molecular weight is 395 g/mol. The summed E-state index contributed by atoms with van der Waals surface area (Å²) in [6.07, 6.45) is 2.42. The maximum absolute atomic E-state index is 13.9. The van der Waals surface area contributed by atoms with Gasteiger partial charge in [0.15, 0.2) is 0 Å². The van der Waals surface area contributed by atoms with Crippen molar-refractivity contribution in [2.24, 2.45) is 5.92 Å². The van der Waals surface area contributed by atoms with Crippen molar-refractivity contribution in [3.8, 4) is 17.1 Å². The third-order valence-electron chi connectivity index (χ3n) is 5.19. The molecule has 1 atom stereocenters. The van der Waals surface area contributed by atoms with E-state index in [1.54, 1.807) is 37.4 Å². The van der Waals surface area contributed by atoms with Gasteiger partial charge in [0.05, 0.1) is 18.2 Å². The summed E-state index contributed by atoms with van der Waals surface area (Å²) < 4.78 is 24.6. The van der Waals surface area contributed by atoms with Crippen molar-refractivity contribution in [2.45, 2.75) is 19.3 Å². The molecular weight excluding hydrogens is 373 g/mol. The lowest BCUT2D eigenvalue weighted by molar-refractivity contribution is 0.0665. The summed E-state index contributed by atoms with van der Waals surface area (Å²) in [6, 6.07) is 13.6. The lowest BCUT2D eigenvalue weighted by atomic mass is 9.94. The molecule has 29 heavy (non-hydrogen) atoms. The van der Waals surface area contributed by atoms with E-state index in [4.69, 9.17) is 9.26 Å². The molecule has 4 rings (SSSR count). The summed E-state index contributed by atoms with van der Waals surface area (Å²) in [7, 11) is 1.56. The first-order chi connectivity index (χ1) is 14.2. The van der Waals surface area contributed by atoms with Crippen LogP contribution in [-0.4, -0.2) is 41.1 Å². The van der Waals surface area contributed by atoms with Crippen molar-refractivity contribution in [2.75, 3.05) is 20.2 Å². The van der Waals surface area contributed by atoms with Crippen LogP contribution in [0.3, 0.4) is 0 Å². The van der Waals surface area contributed by atoms with E-state index in [0.717, 1.165) is 12.8 Å². The monoisotopic (exact) mass is 395 g/mol. The predicted molar refractivity (Wildman–Crippen MR) is 105 cm³/mol. The summed E-state index contributed by atoms with van der Waals surface area (Å²) in [5.74, 6) is 1.06. The first-order valence-corrected chi connectivity index (χ1v) is 9.65. The van der Waals surface area contributed by atoms with Gasteiger partial charge in [-0.3, -0.25) is 4.79 Å². The number of piperidine rings is 1. The Morgan fingerprint density at radius 1 is 1.24 bits per heavy atom. The molecule has 0 aliphatic carbocycles. The Kier molecular flexibility index (Phi) is 5.55. The number of aromatic nitrogens is 2. The number of methoxy groups -OCH3 is 1. The molecule has 150 valence electrons. The third-order valence-corrected chi connectivity index (χ3v) is 5.19. The fraction of sp³-hybridized carbons (Fsp3) is 0.318. The molecule has 0 bridgehead atoms. The van der Waals surface area contributed by atoms with Crippen molar-refractivity contribution in [3.63, 3.8) is 0 Å². The molecule has 1 fully saturated rings. The van der Waals surface area contributed by atoms with Gasteiger partial charge in [-0.05, 0) is 43.0 Å². The molecule has 1 saturated heterocycles. The van der Waals surface area contributed by atoms with E-state index in [1.165, 1.54) is 6.07 Å². The Bertz CT molecular complexity index is 1000. The first-order valence-electron chi connectivity index (χ1n) is 9.65. The number of carbonyl (C=O) groups excluding carboxylic acids is 1. The van der Waals surface area contributed by atoms with E-state index in [-0.39, 0.29) is 23.5 Å². The fourth-order valence-electron chi connectivity index (χ4n) is 3.74. The molecule has 1 aliphatic heterocycles. The number of rotatable bonds is 5. The lowest BCUT2D eigenvalue weighted by Crippen LogP contribution is -2.40. The van der Waals surface area contributed by atoms with Gasteiger partial charge < -0.3 is 14.2 Å². The number of ether oxygens (including phenoxy) is 1. The zero-order valence-electron chi connectivity index (χ0n) is 16.2. The molecule has 0 radical (unpaired) electrons. The van der Waals surface area contributed by atoms with Crippen molar-refractivity contribution >= 4 is 5.91 Å². The van der Waals surface area contributed by atoms with Crippen LogP contribution in [0.2, 0.25) is 0 Å². The van der Waals surface area contributed by atoms with Gasteiger partial charge in [-0.15, -0.1) is 0 Å². The Morgan fingerprint density at radius 2 is 2.03 bits per heavy atom. The largest absolute Gasteiger partial charge is 0.496 e. The average Bonchev–Trinajstić information content (AvgIpc) is 3.22. The normalized spacial score (nSPS) is 16.6. The van der Waals surface area contributed by atoms with Crippen LogP contribution in [-0.2, 0) is 6.42 Å². The Labute approximate surface area is 168 Å². The minimum absolute atomic E-state index is 0.0373.